The summed E-state index contributed by atoms with van der Waals surface area (Å²) < 4.78 is 5.78. The summed E-state index contributed by atoms with van der Waals surface area (Å²) in [7, 11) is 0. The molecule has 1 atom stereocenters. The number of amides is 3. The molecule has 6 aromatic rings. The van der Waals surface area contributed by atoms with E-state index in [1.807, 2.05) is 140 Å². The van der Waals surface area contributed by atoms with Gasteiger partial charge in [0.05, 0.1) is 12.0 Å². The van der Waals surface area contributed by atoms with Gasteiger partial charge in [0.1, 0.15) is 18.2 Å². The van der Waals surface area contributed by atoms with Crippen LogP contribution in [0.3, 0.4) is 0 Å². The zero-order valence-electron chi connectivity index (χ0n) is 29.1. The molecule has 7 rings (SSSR count). The molecule has 0 saturated heterocycles. The van der Waals surface area contributed by atoms with Crippen LogP contribution in [0.5, 0.6) is 0 Å². The number of carboxylic acid groups (broad SMARTS) is 1. The molecule has 0 radical (unpaired) electrons. The molecule has 0 spiro atoms. The molecule has 0 heterocycles. The summed E-state index contributed by atoms with van der Waals surface area (Å²) in [6.45, 7) is 0.0101. The van der Waals surface area contributed by atoms with Gasteiger partial charge in [0.2, 0.25) is 11.8 Å². The lowest BCUT2D eigenvalue weighted by molar-refractivity contribution is -0.126. The van der Waals surface area contributed by atoms with Crippen LogP contribution < -0.4 is 16.0 Å². The molecule has 1 aliphatic carbocycles. The van der Waals surface area contributed by atoms with Gasteiger partial charge in [0.25, 0.3) is 0 Å². The van der Waals surface area contributed by atoms with Crippen LogP contribution in [0.2, 0.25) is 0 Å². The van der Waals surface area contributed by atoms with Gasteiger partial charge in [-0.3, -0.25) is 9.59 Å². The number of ether oxygens (including phenoxy) is 1. The monoisotopic (exact) mass is 715 g/mol. The molecule has 268 valence electrons. The molecule has 3 amide bonds. The van der Waals surface area contributed by atoms with Crippen molar-refractivity contribution in [2.45, 2.75) is 23.9 Å². The maximum Gasteiger partial charge on any atom is 0.407 e. The smallest absolute Gasteiger partial charge is 0.407 e. The maximum atomic E-state index is 14.3. The first-order chi connectivity index (χ1) is 26.3. The summed E-state index contributed by atoms with van der Waals surface area (Å²) >= 11 is 0. The summed E-state index contributed by atoms with van der Waals surface area (Å²) in [6.07, 6.45) is -1.32. The Labute approximate surface area is 312 Å². The largest absolute Gasteiger partial charge is 0.478 e. The van der Waals surface area contributed by atoms with Crippen LogP contribution >= 0.6 is 0 Å². The van der Waals surface area contributed by atoms with E-state index >= 15 is 0 Å². The van der Waals surface area contributed by atoms with Crippen molar-refractivity contribution in [2.75, 3.05) is 11.9 Å². The standard InChI is InChI=1S/C45H37N3O6/c49-41(48-45(31-14-4-1-5-15-31,32-16-6-2-7-17-32)33-18-8-3-9-19-33)28-40(42(50)46-34-26-24-30(25-27-34)43(51)52)47-44(53)54-29-39-37-22-12-10-20-35(37)36-21-11-13-23-38(36)39/h1-27,39-40H,28-29H2,(H,46,50)(H,47,53)(H,48,49)(H,51,52)/t40-/m0/s1. The second-order valence-corrected chi connectivity index (χ2v) is 13.0. The molecule has 0 fully saturated rings. The molecule has 0 saturated carbocycles. The number of alkyl carbamates (subject to hydrolysis) is 1. The highest BCUT2D eigenvalue weighted by Crippen LogP contribution is 2.44. The second kappa shape index (κ2) is 15.7. The van der Waals surface area contributed by atoms with Crippen molar-refractivity contribution >= 4 is 29.6 Å². The third-order valence-corrected chi connectivity index (χ3v) is 9.69. The fraction of sp³-hybridized carbons (Fsp3) is 0.111. The minimum atomic E-state index is -1.38. The Balaban J connectivity index is 1.16. The number of nitrogens with one attached hydrogen (secondary N) is 3. The minimum Gasteiger partial charge on any atom is -0.478 e. The normalized spacial score (nSPS) is 12.4. The summed E-state index contributed by atoms with van der Waals surface area (Å²) in [5, 5.41) is 17.9. The zero-order chi connectivity index (χ0) is 37.5. The molecule has 0 bridgehead atoms. The van der Waals surface area contributed by atoms with E-state index in [2.05, 4.69) is 16.0 Å². The molecular formula is C45H37N3O6. The Bertz CT molecular complexity index is 2140. The number of carbonyl (C=O) groups is 4. The van der Waals surface area contributed by atoms with Crippen molar-refractivity contribution in [3.63, 3.8) is 0 Å². The van der Waals surface area contributed by atoms with E-state index in [1.54, 1.807) is 0 Å². The summed E-state index contributed by atoms with van der Waals surface area (Å²) in [5.41, 5.74) is 5.76. The number of carboxylic acids is 1. The van der Waals surface area contributed by atoms with Gasteiger partial charge in [-0.25, -0.2) is 9.59 Å². The van der Waals surface area contributed by atoms with E-state index in [-0.39, 0.29) is 23.8 Å². The van der Waals surface area contributed by atoms with Crippen LogP contribution in [0.25, 0.3) is 11.1 Å². The topological polar surface area (TPSA) is 134 Å². The number of rotatable bonds is 12. The molecule has 0 aromatic heterocycles. The van der Waals surface area contributed by atoms with Crippen molar-refractivity contribution in [2.24, 2.45) is 0 Å². The number of anilines is 1. The minimum absolute atomic E-state index is 0.0101. The second-order valence-electron chi connectivity index (χ2n) is 13.0. The molecule has 4 N–H and O–H groups in total. The first-order valence-corrected chi connectivity index (χ1v) is 17.6. The fourth-order valence-electron chi connectivity index (χ4n) is 7.14. The Kier molecular flexibility index (Phi) is 10.3. The average Bonchev–Trinajstić information content (AvgIpc) is 3.53. The van der Waals surface area contributed by atoms with Gasteiger partial charge in [-0.2, -0.15) is 0 Å². The van der Waals surface area contributed by atoms with Gasteiger partial charge in [-0.15, -0.1) is 0 Å². The molecule has 9 nitrogen and oxygen atoms in total. The number of benzene rings is 6. The molecule has 6 aromatic carbocycles. The number of hydrogen-bond acceptors (Lipinski definition) is 5. The zero-order valence-corrected chi connectivity index (χ0v) is 29.1. The molecule has 1 aliphatic rings. The third kappa shape index (κ3) is 7.33. The van der Waals surface area contributed by atoms with Gasteiger partial charge >= 0.3 is 12.1 Å². The van der Waals surface area contributed by atoms with E-state index in [0.29, 0.717) is 0 Å². The summed E-state index contributed by atoms with van der Waals surface area (Å²) in [4.78, 5) is 53.2. The molecule has 54 heavy (non-hydrogen) atoms. The Morgan fingerprint density at radius 2 is 1.07 bits per heavy atom. The highest BCUT2D eigenvalue weighted by molar-refractivity contribution is 6.00. The van der Waals surface area contributed by atoms with Gasteiger partial charge < -0.3 is 25.8 Å². The number of aromatic carboxylic acids is 1. The number of hydrogen-bond donors (Lipinski definition) is 4. The van der Waals surface area contributed by atoms with E-state index in [9.17, 15) is 24.3 Å². The highest BCUT2D eigenvalue weighted by atomic mass is 16.5. The lowest BCUT2D eigenvalue weighted by Crippen LogP contribution is -2.52. The predicted octanol–water partition coefficient (Wildman–Crippen LogP) is 7.73. The van der Waals surface area contributed by atoms with Crippen molar-refractivity contribution in [3.05, 3.63) is 197 Å². The maximum absolute atomic E-state index is 14.3. The third-order valence-electron chi connectivity index (χ3n) is 9.69. The van der Waals surface area contributed by atoms with Gasteiger partial charge in [-0.05, 0) is 63.2 Å². The van der Waals surface area contributed by atoms with E-state index < -0.39 is 41.9 Å². The van der Waals surface area contributed by atoms with Crippen LogP contribution in [0, 0.1) is 0 Å². The van der Waals surface area contributed by atoms with Crippen LogP contribution in [0.4, 0.5) is 10.5 Å². The van der Waals surface area contributed by atoms with Crippen molar-refractivity contribution < 1.29 is 29.0 Å². The SMILES string of the molecule is O=C(C[C@H](NC(=O)OCC1c2ccccc2-c2ccccc21)C(=O)Nc1ccc(C(=O)O)cc1)NC(c1ccccc1)(c1ccccc1)c1ccccc1. The molecule has 0 aliphatic heterocycles. The van der Waals surface area contributed by atoms with Crippen LogP contribution in [-0.4, -0.2) is 41.6 Å². The Morgan fingerprint density at radius 3 is 1.56 bits per heavy atom. The lowest BCUT2D eigenvalue weighted by Gasteiger charge is -2.37. The van der Waals surface area contributed by atoms with Crippen molar-refractivity contribution in [1.29, 1.82) is 0 Å². The van der Waals surface area contributed by atoms with Crippen molar-refractivity contribution in [3.8, 4) is 11.1 Å². The number of carbonyl (C=O) groups excluding carboxylic acids is 3. The highest BCUT2D eigenvalue weighted by Gasteiger charge is 2.39. The van der Waals surface area contributed by atoms with E-state index in [0.717, 1.165) is 38.9 Å². The fourth-order valence-corrected chi connectivity index (χ4v) is 7.14. The Morgan fingerprint density at radius 1 is 0.611 bits per heavy atom. The first kappa shape index (κ1) is 35.4. The quantitative estimate of drug-likeness (QED) is 0.0959. The number of fused-ring (bicyclic) bond motifs is 3. The van der Waals surface area contributed by atoms with Crippen LogP contribution in [-0.2, 0) is 19.9 Å². The van der Waals surface area contributed by atoms with Crippen LogP contribution in [0.15, 0.2) is 164 Å². The molecular weight excluding hydrogens is 679 g/mol. The van der Waals surface area contributed by atoms with Gasteiger partial charge in [0.15, 0.2) is 0 Å². The van der Waals surface area contributed by atoms with Gasteiger partial charge in [0, 0.05) is 11.6 Å². The Hall–Kier alpha value is -7.00. The first-order valence-electron chi connectivity index (χ1n) is 17.6. The van der Waals surface area contributed by atoms with Gasteiger partial charge in [-0.1, -0.05) is 140 Å². The van der Waals surface area contributed by atoms with E-state index in [1.165, 1.54) is 24.3 Å². The van der Waals surface area contributed by atoms with E-state index in [4.69, 9.17) is 4.74 Å². The van der Waals surface area contributed by atoms with Crippen molar-refractivity contribution in [1.82, 2.24) is 10.6 Å². The predicted molar refractivity (Wildman–Crippen MR) is 206 cm³/mol. The van der Waals surface area contributed by atoms with Crippen LogP contribution in [0.1, 0.15) is 50.5 Å². The molecule has 9 heteroatoms. The average molecular weight is 716 g/mol. The summed E-state index contributed by atoms with van der Waals surface area (Å²) in [6, 6.07) is 48.8. The lowest BCUT2D eigenvalue weighted by atomic mass is 9.77. The molecule has 0 unspecified atom stereocenters. The summed E-state index contributed by atoms with van der Waals surface area (Å²) in [5.74, 6) is -2.54.